The molecule has 2 aliphatic carbocycles. The summed E-state index contributed by atoms with van der Waals surface area (Å²) in [5, 5.41) is 19.5. The molecule has 2 N–H and O–H groups in total. The fourth-order valence-electron chi connectivity index (χ4n) is 5.57. The molecule has 0 amide bonds. The van der Waals surface area contributed by atoms with Crippen molar-refractivity contribution in [2.45, 2.75) is 78.7 Å². The fourth-order valence-corrected chi connectivity index (χ4v) is 5.57. The lowest BCUT2D eigenvalue weighted by Crippen LogP contribution is -2.52. The van der Waals surface area contributed by atoms with Crippen molar-refractivity contribution >= 4 is 5.97 Å². The first-order valence-corrected chi connectivity index (χ1v) is 9.16. The van der Waals surface area contributed by atoms with Gasteiger partial charge in [-0.15, -0.1) is 0 Å². The van der Waals surface area contributed by atoms with Gasteiger partial charge in [0.2, 0.25) is 0 Å². The van der Waals surface area contributed by atoms with Crippen LogP contribution < -0.4 is 0 Å². The van der Waals surface area contributed by atoms with Crippen LogP contribution in [0.3, 0.4) is 0 Å². The monoisotopic (exact) mass is 322 g/mol. The minimum absolute atomic E-state index is 0.179. The summed E-state index contributed by atoms with van der Waals surface area (Å²) >= 11 is 0. The van der Waals surface area contributed by atoms with E-state index < -0.39 is 12.1 Å². The molecule has 0 aromatic carbocycles. The number of hydrogen-bond acceptors (Lipinski definition) is 2. The summed E-state index contributed by atoms with van der Waals surface area (Å²) in [5.41, 5.74) is 1.45. The SMILES string of the molecule is C=C1[C@H](O)CC2C(C)(C)CCC[C@]2(C)[C@H]1CCC(C)CC(=O)O. The summed E-state index contributed by atoms with van der Waals surface area (Å²) in [4.78, 5) is 10.9. The molecule has 2 aliphatic rings. The van der Waals surface area contributed by atoms with E-state index in [4.69, 9.17) is 5.11 Å². The van der Waals surface area contributed by atoms with E-state index in [2.05, 4.69) is 27.4 Å². The molecule has 3 nitrogen and oxygen atoms in total. The number of fused-ring (bicyclic) bond motifs is 1. The number of aliphatic hydroxyl groups is 1. The van der Waals surface area contributed by atoms with Gasteiger partial charge in [0.15, 0.2) is 0 Å². The van der Waals surface area contributed by atoms with Crippen LogP contribution in [0.2, 0.25) is 0 Å². The Morgan fingerprint density at radius 3 is 2.61 bits per heavy atom. The molecule has 0 spiro atoms. The van der Waals surface area contributed by atoms with Crippen molar-refractivity contribution in [3.05, 3.63) is 12.2 Å². The van der Waals surface area contributed by atoms with Crippen LogP contribution in [-0.4, -0.2) is 22.3 Å². The summed E-state index contributed by atoms with van der Waals surface area (Å²) in [6.45, 7) is 13.3. The van der Waals surface area contributed by atoms with Crippen LogP contribution in [0.25, 0.3) is 0 Å². The Bertz CT molecular complexity index is 468. The molecule has 23 heavy (non-hydrogen) atoms. The topological polar surface area (TPSA) is 57.5 Å². The maximum absolute atomic E-state index is 10.9. The molecule has 0 saturated heterocycles. The van der Waals surface area contributed by atoms with Crippen molar-refractivity contribution < 1.29 is 15.0 Å². The van der Waals surface area contributed by atoms with Crippen LogP contribution in [0.1, 0.15) is 72.6 Å². The predicted octanol–water partition coefficient (Wildman–Crippen LogP) is 4.65. The molecule has 0 aromatic rings. The average Bonchev–Trinajstić information content (AvgIpc) is 2.40. The van der Waals surface area contributed by atoms with E-state index >= 15 is 0 Å². The quantitative estimate of drug-likeness (QED) is 0.725. The second kappa shape index (κ2) is 6.58. The lowest BCUT2D eigenvalue weighted by atomic mass is 9.46. The van der Waals surface area contributed by atoms with Crippen LogP contribution in [0.5, 0.6) is 0 Å². The number of aliphatic carboxylic acids is 1. The molecule has 2 unspecified atom stereocenters. The van der Waals surface area contributed by atoms with Crippen LogP contribution in [0.15, 0.2) is 12.2 Å². The van der Waals surface area contributed by atoms with Gasteiger partial charge in [0, 0.05) is 6.42 Å². The molecule has 0 aromatic heterocycles. The number of carbonyl (C=O) groups is 1. The maximum atomic E-state index is 10.9. The molecule has 2 saturated carbocycles. The van der Waals surface area contributed by atoms with E-state index in [0.29, 0.717) is 11.8 Å². The third kappa shape index (κ3) is 3.65. The van der Waals surface area contributed by atoms with Crippen molar-refractivity contribution in [3.8, 4) is 0 Å². The number of hydrogen-bond donors (Lipinski definition) is 2. The Labute approximate surface area is 141 Å². The standard InChI is InChI=1S/C20H34O3/c1-13(11-18(22)23)7-8-15-14(2)16(21)12-17-19(3,4)9-6-10-20(15,17)5/h13,15-17,21H,2,6-12H2,1,3-5H3,(H,22,23)/t13?,15-,16+,17?,20+/m0/s1. The summed E-state index contributed by atoms with van der Waals surface area (Å²) in [5.74, 6) is 0.289. The lowest BCUT2D eigenvalue weighted by molar-refractivity contribution is -0.138. The lowest BCUT2D eigenvalue weighted by Gasteiger charge is -2.59. The summed E-state index contributed by atoms with van der Waals surface area (Å²) in [7, 11) is 0. The molecule has 2 fully saturated rings. The summed E-state index contributed by atoms with van der Waals surface area (Å²) < 4.78 is 0. The largest absolute Gasteiger partial charge is 0.481 e. The van der Waals surface area contributed by atoms with Gasteiger partial charge in [0.05, 0.1) is 6.10 Å². The molecule has 0 bridgehead atoms. The highest BCUT2D eigenvalue weighted by Gasteiger charge is 2.54. The first-order chi connectivity index (χ1) is 10.6. The van der Waals surface area contributed by atoms with Crippen LogP contribution in [-0.2, 0) is 4.79 Å². The highest BCUT2D eigenvalue weighted by molar-refractivity contribution is 5.66. The second-order valence-corrected chi connectivity index (χ2v) is 9.06. The van der Waals surface area contributed by atoms with E-state index in [1.807, 2.05) is 6.92 Å². The third-order valence-corrected chi connectivity index (χ3v) is 6.88. The second-order valence-electron chi connectivity index (χ2n) is 9.06. The highest BCUT2D eigenvalue weighted by atomic mass is 16.4. The van der Waals surface area contributed by atoms with Gasteiger partial charge in [0.25, 0.3) is 0 Å². The van der Waals surface area contributed by atoms with Crippen molar-refractivity contribution in [3.63, 3.8) is 0 Å². The van der Waals surface area contributed by atoms with Gasteiger partial charge in [-0.1, -0.05) is 40.7 Å². The van der Waals surface area contributed by atoms with Gasteiger partial charge in [-0.3, -0.25) is 4.79 Å². The number of rotatable bonds is 5. The minimum Gasteiger partial charge on any atom is -0.481 e. The van der Waals surface area contributed by atoms with Gasteiger partial charge in [-0.2, -0.15) is 0 Å². The molecule has 132 valence electrons. The number of carboxylic acids is 1. The zero-order chi connectivity index (χ0) is 17.4. The Balaban J connectivity index is 2.17. The van der Waals surface area contributed by atoms with Crippen LogP contribution in [0, 0.1) is 28.6 Å². The minimum atomic E-state index is -0.720. The normalized spacial score (nSPS) is 38.0. The first kappa shape index (κ1) is 18.5. The van der Waals surface area contributed by atoms with Gasteiger partial charge >= 0.3 is 5.97 Å². The fraction of sp³-hybridized carbons (Fsp3) is 0.850. The van der Waals surface area contributed by atoms with E-state index in [1.165, 1.54) is 19.3 Å². The summed E-state index contributed by atoms with van der Waals surface area (Å²) in [6, 6.07) is 0. The Morgan fingerprint density at radius 1 is 1.35 bits per heavy atom. The number of carboxylic acid groups (broad SMARTS) is 1. The molecule has 0 heterocycles. The van der Waals surface area contributed by atoms with E-state index in [-0.39, 0.29) is 23.2 Å². The van der Waals surface area contributed by atoms with Crippen molar-refractivity contribution in [2.75, 3.05) is 0 Å². The van der Waals surface area contributed by atoms with Crippen molar-refractivity contribution in [1.82, 2.24) is 0 Å². The molecule has 2 rings (SSSR count). The first-order valence-electron chi connectivity index (χ1n) is 9.16. The van der Waals surface area contributed by atoms with Crippen molar-refractivity contribution in [1.29, 1.82) is 0 Å². The van der Waals surface area contributed by atoms with Gasteiger partial charge < -0.3 is 10.2 Å². The molecule has 0 radical (unpaired) electrons. The van der Waals surface area contributed by atoms with E-state index in [9.17, 15) is 9.90 Å². The predicted molar refractivity (Wildman–Crippen MR) is 93.1 cm³/mol. The van der Waals surface area contributed by atoms with Gasteiger partial charge in [-0.25, -0.2) is 0 Å². The Morgan fingerprint density at radius 2 is 2.00 bits per heavy atom. The molecular formula is C20H34O3. The molecular weight excluding hydrogens is 288 g/mol. The smallest absolute Gasteiger partial charge is 0.303 e. The summed E-state index contributed by atoms with van der Waals surface area (Å²) in [6.07, 6.45) is 6.19. The van der Waals surface area contributed by atoms with Crippen LogP contribution in [0.4, 0.5) is 0 Å². The number of aliphatic hydroxyl groups excluding tert-OH is 1. The molecule has 3 heteroatoms. The van der Waals surface area contributed by atoms with Gasteiger partial charge in [-0.05, 0) is 66.3 Å². The molecule has 0 aliphatic heterocycles. The zero-order valence-corrected chi connectivity index (χ0v) is 15.3. The Kier molecular flexibility index (Phi) is 5.30. The Hall–Kier alpha value is -0.830. The highest BCUT2D eigenvalue weighted by Crippen LogP contribution is 2.61. The third-order valence-electron chi connectivity index (χ3n) is 6.88. The average molecular weight is 322 g/mol. The van der Waals surface area contributed by atoms with Gasteiger partial charge in [0.1, 0.15) is 0 Å². The zero-order valence-electron chi connectivity index (χ0n) is 15.3. The van der Waals surface area contributed by atoms with Crippen molar-refractivity contribution in [2.24, 2.45) is 28.6 Å². The molecule has 5 atom stereocenters. The van der Waals surface area contributed by atoms with E-state index in [0.717, 1.165) is 24.8 Å². The maximum Gasteiger partial charge on any atom is 0.303 e. The van der Waals surface area contributed by atoms with Crippen LogP contribution >= 0.6 is 0 Å². The van der Waals surface area contributed by atoms with E-state index in [1.54, 1.807) is 0 Å².